The number of hydrogen-bond donors (Lipinski definition) is 4. The molecule has 0 aliphatic carbocycles. The quantitative estimate of drug-likeness (QED) is 0.379. The Labute approximate surface area is 209 Å². The average Bonchev–Trinajstić information content (AvgIpc) is 3.18. The van der Waals surface area contributed by atoms with Crippen LogP contribution in [0.25, 0.3) is 0 Å². The molecule has 0 saturated heterocycles. The second kappa shape index (κ2) is 9.36. The van der Waals surface area contributed by atoms with Crippen LogP contribution in [0.3, 0.4) is 0 Å². The van der Waals surface area contributed by atoms with Crippen LogP contribution in [0.2, 0.25) is 0 Å². The third-order valence-electron chi connectivity index (χ3n) is 6.53. The summed E-state index contributed by atoms with van der Waals surface area (Å²) < 4.78 is 11.0. The smallest absolute Gasteiger partial charge is 0.480 e. The van der Waals surface area contributed by atoms with Crippen LogP contribution >= 0.6 is 0 Å². The van der Waals surface area contributed by atoms with Gasteiger partial charge in [-0.15, -0.1) is 0 Å². The molecule has 0 aromatic heterocycles. The number of carbonyl (C=O) groups is 3. The number of fused-ring (bicyclic) bond motifs is 2. The van der Waals surface area contributed by atoms with E-state index < -0.39 is 49.8 Å². The molecule has 36 heavy (non-hydrogen) atoms. The highest BCUT2D eigenvalue weighted by Gasteiger charge is 2.42. The second-order valence-electron chi connectivity index (χ2n) is 9.94. The predicted octanol–water partition coefficient (Wildman–Crippen LogP) is -0.451. The minimum absolute atomic E-state index is 0.00317. The molecule has 10 nitrogen and oxygen atoms in total. The van der Waals surface area contributed by atoms with Crippen LogP contribution < -0.4 is 16.2 Å². The largest absolute Gasteiger partial charge is 0.492 e. The summed E-state index contributed by atoms with van der Waals surface area (Å²) in [7, 11) is -2.31. The SMILES string of the molecule is CC1(C)OB(O)c2cc(C(=O)NCCN(CC(=O)O)C(=O)c3ccc4c(c3)B(O)OC4(C)C)ccc21. The first-order valence-corrected chi connectivity index (χ1v) is 11.6. The first kappa shape index (κ1) is 25.9. The number of amides is 2. The average molecular weight is 494 g/mol. The zero-order chi connectivity index (χ0) is 26.4. The van der Waals surface area contributed by atoms with Crippen LogP contribution in [-0.4, -0.2) is 71.7 Å². The van der Waals surface area contributed by atoms with E-state index in [1.165, 1.54) is 6.07 Å². The van der Waals surface area contributed by atoms with Crippen LogP contribution in [0.1, 0.15) is 59.5 Å². The highest BCUT2D eigenvalue weighted by molar-refractivity contribution is 6.62. The van der Waals surface area contributed by atoms with Gasteiger partial charge < -0.3 is 34.7 Å². The maximum absolute atomic E-state index is 13.1. The number of nitrogens with one attached hydrogen (secondary N) is 1. The summed E-state index contributed by atoms with van der Waals surface area (Å²) in [6.45, 7) is 6.65. The van der Waals surface area contributed by atoms with Crippen LogP contribution in [0.15, 0.2) is 36.4 Å². The number of carboxylic acid groups (broad SMARTS) is 1. The lowest BCUT2D eigenvalue weighted by molar-refractivity contribution is -0.137. The molecule has 2 heterocycles. The summed E-state index contributed by atoms with van der Waals surface area (Å²) in [6, 6.07) is 9.67. The maximum atomic E-state index is 13.1. The summed E-state index contributed by atoms with van der Waals surface area (Å²) >= 11 is 0. The lowest BCUT2D eigenvalue weighted by Crippen LogP contribution is -2.42. The van der Waals surface area contributed by atoms with E-state index in [4.69, 9.17) is 9.31 Å². The van der Waals surface area contributed by atoms with Crippen molar-refractivity contribution in [1.29, 1.82) is 0 Å². The van der Waals surface area contributed by atoms with Gasteiger partial charge in [-0.1, -0.05) is 12.1 Å². The number of hydrogen-bond acceptors (Lipinski definition) is 7. The Morgan fingerprint density at radius 2 is 1.39 bits per heavy atom. The third-order valence-corrected chi connectivity index (χ3v) is 6.53. The molecule has 0 unspecified atom stereocenters. The predicted molar refractivity (Wildman–Crippen MR) is 132 cm³/mol. The van der Waals surface area contributed by atoms with E-state index in [0.717, 1.165) is 16.0 Å². The van der Waals surface area contributed by atoms with Gasteiger partial charge in [0.1, 0.15) is 6.54 Å². The van der Waals surface area contributed by atoms with Gasteiger partial charge in [0.2, 0.25) is 0 Å². The summed E-state index contributed by atoms with van der Waals surface area (Å²) in [4.78, 5) is 38.3. The minimum atomic E-state index is -1.20. The summed E-state index contributed by atoms with van der Waals surface area (Å²) in [5, 5.41) is 32.4. The number of carbonyl (C=O) groups excluding carboxylic acids is 2. The van der Waals surface area contributed by atoms with E-state index in [9.17, 15) is 29.5 Å². The Kier molecular flexibility index (Phi) is 6.74. The normalized spacial score (nSPS) is 16.9. The molecule has 188 valence electrons. The molecule has 0 radical (unpaired) electrons. The van der Waals surface area contributed by atoms with Crippen LogP contribution in [0, 0.1) is 0 Å². The van der Waals surface area contributed by atoms with Gasteiger partial charge in [0.25, 0.3) is 11.8 Å². The Morgan fingerprint density at radius 1 is 0.889 bits per heavy atom. The molecule has 0 atom stereocenters. The number of nitrogens with zero attached hydrogens (tertiary/aromatic N) is 1. The lowest BCUT2D eigenvalue weighted by atomic mass is 9.77. The van der Waals surface area contributed by atoms with Crippen molar-refractivity contribution < 1.29 is 38.8 Å². The van der Waals surface area contributed by atoms with E-state index in [-0.39, 0.29) is 18.7 Å². The molecular formula is C24H28B2N2O8. The lowest BCUT2D eigenvalue weighted by Gasteiger charge is -2.22. The van der Waals surface area contributed by atoms with Crippen molar-refractivity contribution in [3.8, 4) is 0 Å². The first-order chi connectivity index (χ1) is 16.8. The Hall–Kier alpha value is -3.18. The molecule has 0 fully saturated rings. The second-order valence-corrected chi connectivity index (χ2v) is 9.94. The Balaban J connectivity index is 1.44. The molecule has 2 amide bonds. The van der Waals surface area contributed by atoms with Gasteiger partial charge >= 0.3 is 20.2 Å². The standard InChI is InChI=1S/C24H28B2N2O8/c1-23(2)16-7-5-14(11-18(16)25(33)35-23)21(31)27-9-10-28(13-20(29)30)22(32)15-6-8-17-19(12-15)26(34)36-24(17,3)4/h5-8,11-12,33-34H,9-10,13H2,1-4H3,(H,27,31)(H,29,30). The van der Waals surface area contributed by atoms with Crippen molar-refractivity contribution in [3.63, 3.8) is 0 Å². The van der Waals surface area contributed by atoms with Crippen molar-refractivity contribution in [2.45, 2.75) is 38.9 Å². The minimum Gasteiger partial charge on any atom is -0.480 e. The molecule has 4 N–H and O–H groups in total. The van der Waals surface area contributed by atoms with Crippen LogP contribution in [0.5, 0.6) is 0 Å². The first-order valence-electron chi connectivity index (χ1n) is 11.6. The fourth-order valence-corrected chi connectivity index (χ4v) is 4.72. The molecule has 0 spiro atoms. The Bertz CT molecular complexity index is 1230. The van der Waals surface area contributed by atoms with E-state index in [2.05, 4.69) is 5.32 Å². The van der Waals surface area contributed by atoms with Gasteiger partial charge in [0.05, 0.1) is 11.2 Å². The van der Waals surface area contributed by atoms with Crippen molar-refractivity contribution in [2.75, 3.05) is 19.6 Å². The van der Waals surface area contributed by atoms with E-state index in [1.54, 1.807) is 44.2 Å². The summed E-state index contributed by atoms with van der Waals surface area (Å²) in [6.07, 6.45) is 0. The highest BCUT2D eigenvalue weighted by Crippen LogP contribution is 2.31. The zero-order valence-corrected chi connectivity index (χ0v) is 20.6. The van der Waals surface area contributed by atoms with Crippen LogP contribution in [0.4, 0.5) is 0 Å². The fourth-order valence-electron chi connectivity index (χ4n) is 4.72. The monoisotopic (exact) mass is 494 g/mol. The molecule has 2 aliphatic heterocycles. The Morgan fingerprint density at radius 3 is 1.92 bits per heavy atom. The molecule has 2 aromatic rings. The fraction of sp³-hybridized carbons (Fsp3) is 0.375. The van der Waals surface area contributed by atoms with Gasteiger partial charge in [-0.25, -0.2) is 0 Å². The van der Waals surface area contributed by atoms with Crippen molar-refractivity contribution in [2.24, 2.45) is 0 Å². The van der Waals surface area contributed by atoms with E-state index in [0.29, 0.717) is 16.5 Å². The molecule has 0 bridgehead atoms. The number of benzene rings is 2. The molecule has 2 aromatic carbocycles. The summed E-state index contributed by atoms with van der Waals surface area (Å²) in [5.41, 5.74) is 1.64. The summed E-state index contributed by atoms with van der Waals surface area (Å²) in [5.74, 6) is -2.18. The zero-order valence-electron chi connectivity index (χ0n) is 20.6. The molecule has 0 saturated carbocycles. The number of carboxylic acids is 1. The van der Waals surface area contributed by atoms with Gasteiger partial charge in [-0.2, -0.15) is 0 Å². The highest BCUT2D eigenvalue weighted by atomic mass is 16.5. The van der Waals surface area contributed by atoms with Gasteiger partial charge in [0.15, 0.2) is 0 Å². The van der Waals surface area contributed by atoms with Crippen molar-refractivity contribution >= 4 is 42.9 Å². The maximum Gasteiger partial charge on any atom is 0.492 e. The van der Waals surface area contributed by atoms with E-state index >= 15 is 0 Å². The van der Waals surface area contributed by atoms with Crippen molar-refractivity contribution in [3.05, 3.63) is 58.7 Å². The number of rotatable bonds is 7. The topological polar surface area (TPSA) is 146 Å². The number of aliphatic carboxylic acids is 1. The van der Waals surface area contributed by atoms with Crippen molar-refractivity contribution in [1.82, 2.24) is 10.2 Å². The molecule has 12 heteroatoms. The van der Waals surface area contributed by atoms with Gasteiger partial charge in [-0.05, 0) is 74.0 Å². The van der Waals surface area contributed by atoms with Gasteiger partial charge in [0, 0.05) is 24.2 Å². The van der Waals surface area contributed by atoms with E-state index in [1.807, 2.05) is 13.8 Å². The van der Waals surface area contributed by atoms with Crippen LogP contribution in [-0.2, 0) is 25.3 Å². The third kappa shape index (κ3) is 4.90. The molecular weight excluding hydrogens is 466 g/mol. The molecule has 2 aliphatic rings. The molecule has 4 rings (SSSR count). The van der Waals surface area contributed by atoms with Gasteiger partial charge in [-0.3, -0.25) is 14.4 Å².